The molecule has 3 aromatic carbocycles. The van der Waals surface area contributed by atoms with Crippen molar-refractivity contribution >= 4 is 15.9 Å². The van der Waals surface area contributed by atoms with Gasteiger partial charge in [0, 0.05) is 25.2 Å². The first-order valence-electron chi connectivity index (χ1n) is 12.0. The molecule has 1 aromatic heterocycles. The van der Waals surface area contributed by atoms with Crippen LogP contribution in [0.5, 0.6) is 11.5 Å². The van der Waals surface area contributed by atoms with Crippen LogP contribution < -0.4 is 10.5 Å². The number of anilines is 1. The number of nitriles is 1. The fourth-order valence-corrected chi connectivity index (χ4v) is 5.91. The van der Waals surface area contributed by atoms with Crippen molar-refractivity contribution in [3.05, 3.63) is 96.1 Å². The number of aromatic nitrogens is 2. The Kier molecular flexibility index (Phi) is 6.91. The molecule has 1 aliphatic heterocycles. The number of hydrogen-bond acceptors (Lipinski definition) is 8. The van der Waals surface area contributed by atoms with Crippen LogP contribution in [0.15, 0.2) is 84.9 Å². The van der Waals surface area contributed by atoms with Crippen LogP contribution in [-0.2, 0) is 26.4 Å². The van der Waals surface area contributed by atoms with E-state index in [4.69, 9.17) is 19.8 Å². The number of para-hydroxylation sites is 1. The molecule has 38 heavy (non-hydrogen) atoms. The van der Waals surface area contributed by atoms with Crippen molar-refractivity contribution in [2.45, 2.75) is 12.1 Å². The van der Waals surface area contributed by atoms with Crippen LogP contribution in [0.2, 0.25) is 0 Å². The molecule has 1 fully saturated rings. The van der Waals surface area contributed by atoms with E-state index in [0.717, 1.165) is 12.7 Å². The molecule has 194 valence electrons. The number of benzene rings is 3. The third-order valence-electron chi connectivity index (χ3n) is 6.57. The lowest BCUT2D eigenvalue weighted by Crippen LogP contribution is -2.65. The molecule has 0 atom stereocenters. The smallest absolute Gasteiger partial charge is 0.269 e. The van der Waals surface area contributed by atoms with E-state index in [0.29, 0.717) is 42.4 Å². The minimum absolute atomic E-state index is 0.123. The molecule has 5 rings (SSSR count). The maximum absolute atomic E-state index is 12.6. The molecule has 0 radical (unpaired) electrons. The van der Waals surface area contributed by atoms with Gasteiger partial charge in [0.15, 0.2) is 0 Å². The Labute approximate surface area is 221 Å². The zero-order valence-corrected chi connectivity index (χ0v) is 21.6. The van der Waals surface area contributed by atoms with Crippen LogP contribution in [0.4, 0.5) is 5.82 Å². The Morgan fingerprint density at radius 2 is 1.58 bits per heavy atom. The zero-order valence-electron chi connectivity index (χ0n) is 20.8. The molecule has 4 aromatic rings. The molecule has 1 saturated heterocycles. The molecule has 0 amide bonds. The predicted molar refractivity (Wildman–Crippen MR) is 144 cm³/mol. The highest BCUT2D eigenvalue weighted by Crippen LogP contribution is 2.38. The lowest BCUT2D eigenvalue weighted by molar-refractivity contribution is 0.0132. The topological polar surface area (TPSA) is 123 Å². The Hall–Kier alpha value is -4.17. The van der Waals surface area contributed by atoms with Gasteiger partial charge in [-0.05, 0) is 42.0 Å². The van der Waals surface area contributed by atoms with E-state index in [1.165, 1.54) is 4.68 Å². The van der Waals surface area contributed by atoms with Crippen LogP contribution in [0.1, 0.15) is 11.1 Å². The van der Waals surface area contributed by atoms with Crippen LogP contribution >= 0.6 is 0 Å². The standard InChI is InChI=1S/C28H27N5O4S/c1-36-38(34,35)20-28(18-32(19-28)17-21-8-4-2-5-9-21)33-27(30)25(16-29)26(31-33)22-12-14-24(15-13-22)37-23-10-6-3-7-11-23/h2-15H,17-20,30H2,1H3. The van der Waals surface area contributed by atoms with Gasteiger partial charge < -0.3 is 10.5 Å². The Bertz CT molecular complexity index is 1560. The average molecular weight is 530 g/mol. The lowest BCUT2D eigenvalue weighted by atomic mass is 9.91. The SMILES string of the molecule is COS(=O)(=O)CC1(n2nc(-c3ccc(Oc4ccccc4)cc3)c(C#N)c2N)CN(Cc2ccccc2)C1. The van der Waals surface area contributed by atoms with Gasteiger partial charge in [-0.25, -0.2) is 4.68 Å². The summed E-state index contributed by atoms with van der Waals surface area (Å²) in [7, 11) is -2.71. The number of nitrogens with two attached hydrogens (primary N) is 1. The molecule has 9 nitrogen and oxygen atoms in total. The van der Waals surface area contributed by atoms with Gasteiger partial charge in [0.1, 0.15) is 45.9 Å². The molecule has 0 unspecified atom stereocenters. The third-order valence-corrected chi connectivity index (χ3v) is 7.97. The molecule has 0 spiro atoms. The maximum atomic E-state index is 12.6. The number of likely N-dealkylation sites (tertiary alicyclic amines) is 1. The average Bonchev–Trinajstić information content (AvgIpc) is 3.25. The molecular weight excluding hydrogens is 502 g/mol. The van der Waals surface area contributed by atoms with E-state index in [9.17, 15) is 13.7 Å². The molecule has 0 aliphatic carbocycles. The number of hydrogen-bond donors (Lipinski definition) is 1. The quantitative estimate of drug-likeness (QED) is 0.323. The van der Waals surface area contributed by atoms with Crippen LogP contribution in [0.25, 0.3) is 11.3 Å². The largest absolute Gasteiger partial charge is 0.457 e. The second-order valence-electron chi connectivity index (χ2n) is 9.30. The van der Waals surface area contributed by atoms with E-state index < -0.39 is 15.7 Å². The molecule has 0 bridgehead atoms. The highest BCUT2D eigenvalue weighted by Gasteiger charge is 2.50. The highest BCUT2D eigenvalue weighted by atomic mass is 32.2. The lowest BCUT2D eigenvalue weighted by Gasteiger charge is -2.50. The van der Waals surface area contributed by atoms with Crippen molar-refractivity contribution in [1.29, 1.82) is 5.26 Å². The summed E-state index contributed by atoms with van der Waals surface area (Å²) in [5.41, 5.74) is 7.81. The fourth-order valence-electron chi connectivity index (χ4n) is 4.82. The summed E-state index contributed by atoms with van der Waals surface area (Å²) in [6.45, 7) is 1.41. The van der Waals surface area contributed by atoms with E-state index in [1.54, 1.807) is 24.3 Å². The fraction of sp³-hybridized carbons (Fsp3) is 0.214. The molecule has 2 heterocycles. The molecule has 1 aliphatic rings. The summed E-state index contributed by atoms with van der Waals surface area (Å²) in [5, 5.41) is 14.6. The van der Waals surface area contributed by atoms with Crippen molar-refractivity contribution in [1.82, 2.24) is 14.7 Å². The molecule has 2 N–H and O–H groups in total. The van der Waals surface area contributed by atoms with Crippen LogP contribution in [-0.4, -0.2) is 49.1 Å². The highest BCUT2D eigenvalue weighted by molar-refractivity contribution is 7.86. The van der Waals surface area contributed by atoms with Crippen LogP contribution in [0, 0.1) is 11.3 Å². The first-order chi connectivity index (χ1) is 18.3. The normalized spacial score (nSPS) is 14.9. The zero-order chi connectivity index (χ0) is 26.8. The van der Waals surface area contributed by atoms with Gasteiger partial charge in [-0.3, -0.25) is 9.08 Å². The van der Waals surface area contributed by atoms with Gasteiger partial charge in [0.2, 0.25) is 0 Å². The minimum Gasteiger partial charge on any atom is -0.457 e. The maximum Gasteiger partial charge on any atom is 0.269 e. The Balaban J connectivity index is 1.45. The Morgan fingerprint density at radius 1 is 0.974 bits per heavy atom. The first kappa shape index (κ1) is 25.5. The number of nitrogen functional groups attached to an aromatic ring is 1. The molecular formula is C28H27N5O4S. The monoisotopic (exact) mass is 529 g/mol. The summed E-state index contributed by atoms with van der Waals surface area (Å²) < 4.78 is 37.3. The third kappa shape index (κ3) is 5.13. The summed E-state index contributed by atoms with van der Waals surface area (Å²) in [5.74, 6) is 1.14. The number of rotatable bonds is 9. The molecule has 0 saturated carbocycles. The number of ether oxygens (including phenoxy) is 1. The first-order valence-corrected chi connectivity index (χ1v) is 13.6. The van der Waals surface area contributed by atoms with E-state index in [1.807, 2.05) is 60.7 Å². The second-order valence-corrected chi connectivity index (χ2v) is 11.0. The van der Waals surface area contributed by atoms with Gasteiger partial charge in [-0.1, -0.05) is 48.5 Å². The Morgan fingerprint density at radius 3 is 2.18 bits per heavy atom. The minimum atomic E-state index is -3.85. The van der Waals surface area contributed by atoms with Crippen molar-refractivity contribution in [2.75, 3.05) is 31.7 Å². The summed E-state index contributed by atoms with van der Waals surface area (Å²) in [4.78, 5) is 2.11. The van der Waals surface area contributed by atoms with Gasteiger partial charge >= 0.3 is 0 Å². The van der Waals surface area contributed by atoms with E-state index in [2.05, 4.69) is 11.0 Å². The van der Waals surface area contributed by atoms with Gasteiger partial charge in [0.05, 0.1) is 7.11 Å². The van der Waals surface area contributed by atoms with Gasteiger partial charge in [-0.15, -0.1) is 0 Å². The van der Waals surface area contributed by atoms with Crippen molar-refractivity contribution in [3.63, 3.8) is 0 Å². The second kappa shape index (κ2) is 10.3. The van der Waals surface area contributed by atoms with Crippen LogP contribution in [0.3, 0.4) is 0 Å². The van der Waals surface area contributed by atoms with Gasteiger partial charge in [-0.2, -0.15) is 18.8 Å². The molecule has 10 heteroatoms. The van der Waals surface area contributed by atoms with Crippen molar-refractivity contribution in [2.24, 2.45) is 0 Å². The van der Waals surface area contributed by atoms with Crippen molar-refractivity contribution < 1.29 is 17.3 Å². The van der Waals surface area contributed by atoms with Gasteiger partial charge in [0.25, 0.3) is 10.1 Å². The van der Waals surface area contributed by atoms with E-state index >= 15 is 0 Å². The number of nitrogens with zero attached hydrogens (tertiary/aromatic N) is 4. The summed E-state index contributed by atoms with van der Waals surface area (Å²) in [6, 6.07) is 28.6. The van der Waals surface area contributed by atoms with Crippen molar-refractivity contribution in [3.8, 4) is 28.8 Å². The van der Waals surface area contributed by atoms with E-state index in [-0.39, 0.29) is 17.1 Å². The summed E-state index contributed by atoms with van der Waals surface area (Å²) >= 11 is 0. The summed E-state index contributed by atoms with van der Waals surface area (Å²) in [6.07, 6.45) is 0. The predicted octanol–water partition coefficient (Wildman–Crippen LogP) is 3.98.